The molecule has 2 aromatic heterocycles. The molecule has 2 aromatic rings. The van der Waals surface area contributed by atoms with Crippen LogP contribution in [0.5, 0.6) is 0 Å². The number of hydrogen-bond acceptors (Lipinski definition) is 3. The van der Waals surface area contributed by atoms with E-state index in [1.165, 1.54) is 12.8 Å². The molecule has 0 radical (unpaired) electrons. The molecule has 5 nitrogen and oxygen atoms in total. The van der Waals surface area contributed by atoms with Crippen molar-refractivity contribution in [3.05, 3.63) is 17.6 Å². The van der Waals surface area contributed by atoms with Crippen LogP contribution in [0.3, 0.4) is 0 Å². The SMILES string of the molecule is CCCCN=c1ncn(CCC)c2nc(C3CC3)[nH]c12. The van der Waals surface area contributed by atoms with Crippen molar-refractivity contribution in [2.45, 2.75) is 58.4 Å². The summed E-state index contributed by atoms with van der Waals surface area (Å²) in [5.74, 6) is 1.74. The number of nitrogens with zero attached hydrogens (tertiary/aromatic N) is 4. The zero-order valence-electron chi connectivity index (χ0n) is 12.4. The number of unbranched alkanes of at least 4 members (excludes halogenated alkanes) is 1. The molecule has 108 valence electrons. The third kappa shape index (κ3) is 2.62. The van der Waals surface area contributed by atoms with E-state index in [9.17, 15) is 0 Å². The average molecular weight is 273 g/mol. The average Bonchev–Trinajstić information content (AvgIpc) is 3.20. The molecule has 0 saturated heterocycles. The number of nitrogens with one attached hydrogen (secondary N) is 1. The number of rotatable bonds is 6. The molecule has 0 bridgehead atoms. The van der Waals surface area contributed by atoms with Crippen LogP contribution < -0.4 is 5.49 Å². The lowest BCUT2D eigenvalue weighted by atomic mass is 10.3. The van der Waals surface area contributed by atoms with E-state index in [0.717, 1.165) is 54.8 Å². The molecule has 0 atom stereocenters. The third-order valence-electron chi connectivity index (χ3n) is 3.72. The normalized spacial score (nSPS) is 16.2. The number of imidazole rings is 1. The van der Waals surface area contributed by atoms with Crippen molar-refractivity contribution in [1.82, 2.24) is 19.5 Å². The minimum Gasteiger partial charge on any atom is -0.337 e. The quantitative estimate of drug-likeness (QED) is 0.823. The minimum atomic E-state index is 0.626. The van der Waals surface area contributed by atoms with Crippen molar-refractivity contribution in [2.24, 2.45) is 4.99 Å². The Balaban J connectivity index is 2.06. The first-order chi connectivity index (χ1) is 9.83. The Morgan fingerprint density at radius 2 is 2.20 bits per heavy atom. The highest BCUT2D eigenvalue weighted by Crippen LogP contribution is 2.38. The van der Waals surface area contributed by atoms with Gasteiger partial charge in [-0.1, -0.05) is 20.3 Å². The van der Waals surface area contributed by atoms with Crippen molar-refractivity contribution in [2.75, 3.05) is 6.54 Å². The molecule has 5 heteroatoms. The number of aromatic amines is 1. The number of H-pyrrole nitrogens is 1. The lowest BCUT2D eigenvalue weighted by molar-refractivity contribution is 0.674. The first-order valence-electron chi connectivity index (χ1n) is 7.79. The Labute approximate surface area is 119 Å². The van der Waals surface area contributed by atoms with Gasteiger partial charge in [-0.25, -0.2) is 9.97 Å². The van der Waals surface area contributed by atoms with E-state index in [-0.39, 0.29) is 0 Å². The maximum absolute atomic E-state index is 4.79. The predicted molar refractivity (Wildman–Crippen MR) is 79.5 cm³/mol. The molecule has 0 aromatic carbocycles. The number of fused-ring (bicyclic) bond motifs is 1. The van der Waals surface area contributed by atoms with E-state index in [4.69, 9.17) is 4.98 Å². The van der Waals surface area contributed by atoms with Gasteiger partial charge < -0.3 is 9.55 Å². The predicted octanol–water partition coefficient (Wildman–Crippen LogP) is 2.75. The Kier molecular flexibility index (Phi) is 3.85. The van der Waals surface area contributed by atoms with Crippen LogP contribution in [0.25, 0.3) is 11.2 Å². The van der Waals surface area contributed by atoms with Gasteiger partial charge in [-0.15, -0.1) is 0 Å². The molecule has 1 N–H and O–H groups in total. The largest absolute Gasteiger partial charge is 0.337 e. The second-order valence-electron chi connectivity index (χ2n) is 5.59. The molecule has 3 rings (SSSR count). The Morgan fingerprint density at radius 3 is 2.90 bits per heavy atom. The maximum atomic E-state index is 4.79. The Hall–Kier alpha value is -1.65. The smallest absolute Gasteiger partial charge is 0.176 e. The summed E-state index contributed by atoms with van der Waals surface area (Å²) in [5, 5.41) is 0. The number of hydrogen-bond donors (Lipinski definition) is 1. The summed E-state index contributed by atoms with van der Waals surface area (Å²) in [6.45, 7) is 6.15. The van der Waals surface area contributed by atoms with Crippen LogP contribution in [-0.4, -0.2) is 26.1 Å². The Morgan fingerprint density at radius 1 is 1.35 bits per heavy atom. The van der Waals surface area contributed by atoms with Crippen molar-refractivity contribution >= 4 is 11.2 Å². The second-order valence-corrected chi connectivity index (χ2v) is 5.59. The molecular formula is C15H23N5. The highest BCUT2D eigenvalue weighted by Gasteiger charge is 2.27. The summed E-state index contributed by atoms with van der Waals surface area (Å²) in [4.78, 5) is 17.4. The van der Waals surface area contributed by atoms with E-state index in [2.05, 4.69) is 33.4 Å². The highest BCUT2D eigenvalue weighted by molar-refractivity contribution is 5.69. The summed E-state index contributed by atoms with van der Waals surface area (Å²) in [5.41, 5.74) is 2.85. The van der Waals surface area contributed by atoms with E-state index >= 15 is 0 Å². The lowest BCUT2D eigenvalue weighted by Gasteiger charge is -2.04. The molecule has 0 unspecified atom stereocenters. The van der Waals surface area contributed by atoms with Gasteiger partial charge in [0.25, 0.3) is 0 Å². The van der Waals surface area contributed by atoms with Crippen LogP contribution >= 0.6 is 0 Å². The molecule has 0 spiro atoms. The van der Waals surface area contributed by atoms with Gasteiger partial charge in [0.2, 0.25) is 0 Å². The molecule has 20 heavy (non-hydrogen) atoms. The lowest BCUT2D eigenvalue weighted by Crippen LogP contribution is -2.15. The maximum Gasteiger partial charge on any atom is 0.176 e. The van der Waals surface area contributed by atoms with Crippen molar-refractivity contribution in [3.8, 4) is 0 Å². The van der Waals surface area contributed by atoms with Crippen LogP contribution in [-0.2, 0) is 6.54 Å². The number of aryl methyl sites for hydroxylation is 1. The fourth-order valence-electron chi connectivity index (χ4n) is 2.41. The molecule has 2 heterocycles. The summed E-state index contributed by atoms with van der Waals surface area (Å²) in [7, 11) is 0. The van der Waals surface area contributed by atoms with Gasteiger partial charge in [0.15, 0.2) is 11.1 Å². The Bertz CT molecular complexity index is 648. The zero-order valence-corrected chi connectivity index (χ0v) is 12.4. The van der Waals surface area contributed by atoms with Gasteiger partial charge in [0.05, 0.1) is 6.33 Å². The first kappa shape index (κ1) is 13.3. The van der Waals surface area contributed by atoms with Gasteiger partial charge in [-0.2, -0.15) is 0 Å². The molecule has 1 aliphatic carbocycles. The summed E-state index contributed by atoms with van der Waals surface area (Å²) in [6, 6.07) is 0. The van der Waals surface area contributed by atoms with Crippen LogP contribution in [0.15, 0.2) is 11.3 Å². The van der Waals surface area contributed by atoms with Crippen molar-refractivity contribution < 1.29 is 0 Å². The van der Waals surface area contributed by atoms with Crippen molar-refractivity contribution in [3.63, 3.8) is 0 Å². The van der Waals surface area contributed by atoms with Crippen molar-refractivity contribution in [1.29, 1.82) is 0 Å². The van der Waals surface area contributed by atoms with E-state index in [1.807, 2.05) is 6.33 Å². The fraction of sp³-hybridized carbons (Fsp3) is 0.667. The van der Waals surface area contributed by atoms with Crippen LogP contribution in [0.4, 0.5) is 0 Å². The van der Waals surface area contributed by atoms with Gasteiger partial charge in [0.1, 0.15) is 11.3 Å². The molecule has 0 amide bonds. The van der Waals surface area contributed by atoms with Crippen LogP contribution in [0.1, 0.15) is 57.7 Å². The van der Waals surface area contributed by atoms with Gasteiger partial charge in [-0.3, -0.25) is 4.99 Å². The van der Waals surface area contributed by atoms with E-state index in [0.29, 0.717) is 5.92 Å². The minimum absolute atomic E-state index is 0.626. The molecule has 1 saturated carbocycles. The fourth-order valence-corrected chi connectivity index (χ4v) is 2.41. The summed E-state index contributed by atoms with van der Waals surface area (Å²) in [6.07, 6.45) is 7.74. The van der Waals surface area contributed by atoms with Gasteiger partial charge in [-0.05, 0) is 25.7 Å². The standard InChI is InChI=1S/C15H23N5/c1-3-5-8-16-14-12-15(20(9-4-2)10-17-14)19-13(18-12)11-6-7-11/h10-11H,3-9H2,1-2H3,(H,18,19). The topological polar surface area (TPSA) is 58.9 Å². The first-order valence-corrected chi connectivity index (χ1v) is 7.79. The monoisotopic (exact) mass is 273 g/mol. The zero-order chi connectivity index (χ0) is 13.9. The van der Waals surface area contributed by atoms with Crippen LogP contribution in [0.2, 0.25) is 0 Å². The van der Waals surface area contributed by atoms with Crippen LogP contribution in [0, 0.1) is 0 Å². The molecule has 0 aliphatic heterocycles. The van der Waals surface area contributed by atoms with E-state index in [1.54, 1.807) is 0 Å². The summed E-state index contributed by atoms with van der Waals surface area (Å²) < 4.78 is 2.14. The molecule has 1 aliphatic rings. The molecule has 1 fully saturated rings. The highest BCUT2D eigenvalue weighted by atomic mass is 15.1. The van der Waals surface area contributed by atoms with Gasteiger partial charge >= 0.3 is 0 Å². The van der Waals surface area contributed by atoms with Gasteiger partial charge in [0, 0.05) is 19.0 Å². The molecular weight excluding hydrogens is 250 g/mol. The summed E-state index contributed by atoms with van der Waals surface area (Å²) >= 11 is 0. The second kappa shape index (κ2) is 5.77. The third-order valence-corrected chi connectivity index (χ3v) is 3.72. The number of aromatic nitrogens is 4. The van der Waals surface area contributed by atoms with E-state index < -0.39 is 0 Å².